The van der Waals surface area contributed by atoms with Gasteiger partial charge in [-0.1, -0.05) is 35.2 Å². The van der Waals surface area contributed by atoms with Crippen molar-refractivity contribution >= 4 is 33.5 Å². The van der Waals surface area contributed by atoms with E-state index in [0.717, 1.165) is 47.8 Å². The summed E-state index contributed by atoms with van der Waals surface area (Å²) in [6.45, 7) is 1.93. The molecule has 1 saturated carbocycles. The highest BCUT2D eigenvalue weighted by molar-refractivity contribution is 9.10. The molecule has 0 aromatic heterocycles. The number of nitrogens with one attached hydrogen (secondary N) is 1. The van der Waals surface area contributed by atoms with Crippen molar-refractivity contribution < 1.29 is 14.7 Å². The van der Waals surface area contributed by atoms with Gasteiger partial charge >= 0.3 is 0 Å². The third kappa shape index (κ3) is 4.57. The van der Waals surface area contributed by atoms with Crippen LogP contribution in [0.25, 0.3) is 0 Å². The maximum atomic E-state index is 12.4. The number of carbonyl (C=O) groups excluding carboxylic acids is 2. The van der Waals surface area contributed by atoms with Gasteiger partial charge in [-0.3, -0.25) is 4.79 Å². The lowest BCUT2D eigenvalue weighted by atomic mass is 9.69. The summed E-state index contributed by atoms with van der Waals surface area (Å²) in [6, 6.07) is 5.66. The second kappa shape index (κ2) is 7.27. The maximum Gasteiger partial charge on any atom is 0.224 e. The number of amides is 1. The van der Waals surface area contributed by atoms with E-state index in [1.165, 1.54) is 0 Å². The Bertz CT molecular complexity index is 565. The highest BCUT2D eigenvalue weighted by atomic mass is 79.9. The number of aliphatic carboxylic acids is 1. The average Bonchev–Trinajstić information content (AvgIpc) is 2.42. The Kier molecular flexibility index (Phi) is 5.62. The summed E-state index contributed by atoms with van der Waals surface area (Å²) in [5.74, 6) is -1.18. The summed E-state index contributed by atoms with van der Waals surface area (Å²) in [4.78, 5) is 23.4. The number of hydrogen-bond acceptors (Lipinski definition) is 3. The molecule has 5 heteroatoms. The van der Waals surface area contributed by atoms with Crippen LogP contribution in [0.2, 0.25) is 0 Å². The van der Waals surface area contributed by atoms with Gasteiger partial charge < -0.3 is 15.2 Å². The van der Waals surface area contributed by atoms with Crippen molar-refractivity contribution in [3.05, 3.63) is 28.2 Å². The number of halogens is 1. The normalized spacial score (nSPS) is 17.0. The zero-order chi connectivity index (χ0) is 16.2. The fourth-order valence-corrected chi connectivity index (χ4v) is 3.80. The smallest absolute Gasteiger partial charge is 0.224 e. The lowest BCUT2D eigenvalue weighted by molar-refractivity contribution is -0.308. The Labute approximate surface area is 139 Å². The van der Waals surface area contributed by atoms with Crippen molar-refractivity contribution in [2.45, 2.75) is 51.9 Å². The van der Waals surface area contributed by atoms with E-state index in [-0.39, 0.29) is 18.7 Å². The van der Waals surface area contributed by atoms with Crippen LogP contribution in [0, 0.1) is 12.3 Å². The maximum absolute atomic E-state index is 12.4. The minimum Gasteiger partial charge on any atom is -0.550 e. The standard InChI is InChI=1S/C17H22BrNO3/c1-12-9-13(18)5-6-14(12)19-15(20)10-17(11-16(21)22)7-3-2-4-8-17/h5-6,9H,2-4,7-8,10-11H2,1H3,(H,19,20)(H,21,22)/p-1. The molecular weight excluding hydrogens is 346 g/mol. The van der Waals surface area contributed by atoms with Gasteiger partial charge in [-0.2, -0.15) is 0 Å². The molecule has 4 nitrogen and oxygen atoms in total. The third-order valence-electron chi connectivity index (χ3n) is 4.43. The Morgan fingerprint density at radius 2 is 1.91 bits per heavy atom. The van der Waals surface area contributed by atoms with Crippen molar-refractivity contribution in [1.82, 2.24) is 0 Å². The van der Waals surface area contributed by atoms with Gasteiger partial charge in [-0.05, 0) is 55.4 Å². The van der Waals surface area contributed by atoms with Gasteiger partial charge in [0.15, 0.2) is 0 Å². The minimum absolute atomic E-state index is 0.0280. The van der Waals surface area contributed by atoms with Crippen molar-refractivity contribution in [2.75, 3.05) is 5.32 Å². The highest BCUT2D eigenvalue weighted by Crippen LogP contribution is 2.42. The van der Waals surface area contributed by atoms with Crippen LogP contribution in [-0.4, -0.2) is 11.9 Å². The molecule has 1 aromatic carbocycles. The van der Waals surface area contributed by atoms with E-state index >= 15 is 0 Å². The van der Waals surface area contributed by atoms with Crippen LogP contribution in [0.15, 0.2) is 22.7 Å². The van der Waals surface area contributed by atoms with E-state index in [1.54, 1.807) is 0 Å². The van der Waals surface area contributed by atoms with E-state index in [0.29, 0.717) is 0 Å². The van der Waals surface area contributed by atoms with Crippen LogP contribution in [0.4, 0.5) is 5.69 Å². The van der Waals surface area contributed by atoms with Gasteiger partial charge in [0.1, 0.15) is 0 Å². The van der Waals surface area contributed by atoms with Crippen LogP contribution < -0.4 is 10.4 Å². The first kappa shape index (κ1) is 17.0. The average molecular weight is 367 g/mol. The van der Waals surface area contributed by atoms with Crippen molar-refractivity contribution in [3.63, 3.8) is 0 Å². The number of anilines is 1. The molecule has 0 bridgehead atoms. The van der Waals surface area contributed by atoms with Gasteiger partial charge in [0, 0.05) is 22.6 Å². The first-order chi connectivity index (χ1) is 10.4. The molecule has 1 N–H and O–H groups in total. The molecule has 1 aliphatic carbocycles. The van der Waals surface area contributed by atoms with Crippen LogP contribution >= 0.6 is 15.9 Å². The summed E-state index contributed by atoms with van der Waals surface area (Å²) < 4.78 is 0.962. The van der Waals surface area contributed by atoms with Gasteiger partial charge in [0.05, 0.1) is 0 Å². The Hall–Kier alpha value is -1.36. The molecular formula is C17H21BrNO3-. The molecule has 1 aliphatic rings. The molecule has 0 atom stereocenters. The molecule has 2 rings (SSSR count). The van der Waals surface area contributed by atoms with Gasteiger partial charge in [0.2, 0.25) is 5.91 Å². The summed E-state index contributed by atoms with van der Waals surface area (Å²) >= 11 is 3.39. The number of hydrogen-bond donors (Lipinski definition) is 1. The fourth-order valence-electron chi connectivity index (χ4n) is 3.33. The van der Waals surface area contributed by atoms with Gasteiger partial charge in [-0.15, -0.1) is 0 Å². The second-order valence-electron chi connectivity index (χ2n) is 6.29. The molecule has 0 radical (unpaired) electrons. The monoisotopic (exact) mass is 366 g/mol. The summed E-state index contributed by atoms with van der Waals surface area (Å²) in [5, 5.41) is 14.0. The van der Waals surface area contributed by atoms with E-state index in [9.17, 15) is 14.7 Å². The van der Waals surface area contributed by atoms with Crippen molar-refractivity contribution in [2.24, 2.45) is 5.41 Å². The topological polar surface area (TPSA) is 69.2 Å². The lowest BCUT2D eigenvalue weighted by Crippen LogP contribution is -2.36. The van der Waals surface area contributed by atoms with Crippen molar-refractivity contribution in [3.8, 4) is 0 Å². The van der Waals surface area contributed by atoms with Gasteiger partial charge in [-0.25, -0.2) is 0 Å². The largest absolute Gasteiger partial charge is 0.550 e. The molecule has 120 valence electrons. The number of aryl methyl sites for hydroxylation is 1. The minimum atomic E-state index is -1.06. The second-order valence-corrected chi connectivity index (χ2v) is 7.21. The van der Waals surface area contributed by atoms with Crippen LogP contribution in [0.1, 0.15) is 50.5 Å². The summed E-state index contributed by atoms with van der Waals surface area (Å²) in [5.41, 5.74) is 1.30. The molecule has 1 amide bonds. The predicted molar refractivity (Wildman–Crippen MR) is 87.3 cm³/mol. The first-order valence-corrected chi connectivity index (χ1v) is 8.45. The predicted octanol–water partition coefficient (Wildman–Crippen LogP) is 3.18. The third-order valence-corrected chi connectivity index (χ3v) is 4.92. The van der Waals surface area contributed by atoms with E-state index < -0.39 is 11.4 Å². The fraction of sp³-hybridized carbons (Fsp3) is 0.529. The van der Waals surface area contributed by atoms with Crippen LogP contribution in [0.3, 0.4) is 0 Å². The molecule has 1 fully saturated rings. The summed E-state index contributed by atoms with van der Waals surface area (Å²) in [6.07, 6.45) is 4.87. The molecule has 1 aromatic rings. The van der Waals surface area contributed by atoms with Crippen LogP contribution in [-0.2, 0) is 9.59 Å². The Morgan fingerprint density at radius 1 is 1.23 bits per heavy atom. The van der Waals surface area contributed by atoms with Gasteiger partial charge in [0.25, 0.3) is 0 Å². The van der Waals surface area contributed by atoms with Crippen LogP contribution in [0.5, 0.6) is 0 Å². The van der Waals surface area contributed by atoms with E-state index in [1.807, 2.05) is 25.1 Å². The number of carboxylic acid groups (broad SMARTS) is 1. The number of carboxylic acids is 1. The molecule has 22 heavy (non-hydrogen) atoms. The Morgan fingerprint density at radius 3 is 2.50 bits per heavy atom. The quantitative estimate of drug-likeness (QED) is 0.869. The molecule has 0 heterocycles. The zero-order valence-corrected chi connectivity index (χ0v) is 14.4. The SMILES string of the molecule is Cc1cc(Br)ccc1NC(=O)CC1(CC(=O)[O-])CCCCC1. The number of rotatable bonds is 5. The molecule has 0 spiro atoms. The van der Waals surface area contributed by atoms with Crippen molar-refractivity contribution in [1.29, 1.82) is 0 Å². The highest BCUT2D eigenvalue weighted by Gasteiger charge is 2.34. The lowest BCUT2D eigenvalue weighted by Gasteiger charge is -2.37. The molecule has 0 unspecified atom stereocenters. The number of carbonyl (C=O) groups is 2. The van der Waals surface area contributed by atoms with E-state index in [2.05, 4.69) is 21.2 Å². The number of benzene rings is 1. The first-order valence-electron chi connectivity index (χ1n) is 7.66. The Balaban J connectivity index is 2.06. The molecule has 0 saturated heterocycles. The van der Waals surface area contributed by atoms with E-state index in [4.69, 9.17) is 0 Å². The summed E-state index contributed by atoms with van der Waals surface area (Å²) in [7, 11) is 0. The molecule has 0 aliphatic heterocycles. The zero-order valence-electron chi connectivity index (χ0n) is 12.8.